The third kappa shape index (κ3) is 20.9. The minimum Gasteiger partial charge on any atom is -0.438 e. The van der Waals surface area contributed by atoms with Crippen molar-refractivity contribution in [3.63, 3.8) is 0 Å². The van der Waals surface area contributed by atoms with Gasteiger partial charge in [-0.05, 0) is 402 Å². The van der Waals surface area contributed by atoms with Crippen molar-refractivity contribution >= 4 is 35.8 Å². The molecule has 0 spiro atoms. The van der Waals surface area contributed by atoms with Crippen LogP contribution in [-0.2, 0) is 85.6 Å². The van der Waals surface area contributed by atoms with E-state index < -0.39 is 16.2 Å². The maximum absolute atomic E-state index is 12.0. The van der Waals surface area contributed by atoms with Gasteiger partial charge in [0.15, 0.2) is 40.8 Å². The van der Waals surface area contributed by atoms with E-state index in [1.807, 2.05) is 104 Å². The van der Waals surface area contributed by atoms with Crippen molar-refractivity contribution in [2.24, 2.45) is 176 Å². The predicted molar refractivity (Wildman–Crippen MR) is 439 cm³/mol. The SMILES string of the molecule is CCC(C)(C)C(=O)OCOC1C2CC3CC(C2)CC1C3.CCC(C)(C)C(=O)OCOC1CC2CC1C1C3CCC(C3)C21.CCC(C)(C)C(=O)OCOC1CC2CCC1C2.CCC(C)C(=O)OCOC1C2CC3CC(C2)CC1C3.CCC(C)C(=O)OCOC1CC2CC1C1C3CCC(C3)C21.CCC(C)C(=O)OCOC1CC2CCC1C2. The molecular weight excluding hydrogens is 1450 g/mol. The lowest BCUT2D eigenvalue weighted by molar-refractivity contribution is -0.193. The molecule has 654 valence electrons. The van der Waals surface area contributed by atoms with E-state index in [2.05, 4.69) is 0 Å². The minimum absolute atomic E-state index is 0.0105. The fourth-order valence-corrected chi connectivity index (χ4v) is 27.5. The summed E-state index contributed by atoms with van der Waals surface area (Å²) in [4.78, 5) is 70.4. The standard InChI is InChI=1S/C19H30O3.C18H28O3.C17H28O3.C16H26O3.C14H24O3.C13H22O3/c1-4-19(2,3)18(20)22-10-21-15-9-13-8-14(15)17-12-6-5-11(7-12)16(13)17;1-3-10(2)18(19)21-9-20-15-8-13-7-14(15)17-12-5-4-11(6-12)16(13)17;1-4-17(2,3)16(18)20-10-19-15-13-6-11-5-12(8-13)9-14(15)7-11;1-3-10(2)16(17)19-9-18-15-13-5-11-4-12(7-13)8-14(15)6-11;1-4-14(2,3)13(15)17-9-16-12-8-10-5-6-11(12)7-10;1-3-9(2)13(14)16-8-15-12-7-10-4-5-11(12)6-10/h11-17H,4-10H2,1-3H3;10-17H,3-9H2,1-2H3;11-15H,4-10H2,1-3H3;10-15H,3-9H2,1-2H3;10-12H,4-9H2,1-3H3;9-12H,3-8H2,1-2H3. The van der Waals surface area contributed by atoms with Crippen molar-refractivity contribution in [1.82, 2.24) is 0 Å². The van der Waals surface area contributed by atoms with Gasteiger partial charge in [-0.1, -0.05) is 62.3 Å². The first-order valence-electron chi connectivity index (χ1n) is 47.8. The van der Waals surface area contributed by atoms with E-state index in [9.17, 15) is 28.8 Å². The molecule has 0 N–H and O–H groups in total. The van der Waals surface area contributed by atoms with Gasteiger partial charge in [0.2, 0.25) is 0 Å². The molecule has 18 heteroatoms. The van der Waals surface area contributed by atoms with Crippen LogP contribution in [0.5, 0.6) is 0 Å². The highest BCUT2D eigenvalue weighted by Crippen LogP contribution is 2.69. The molecule has 23 atom stereocenters. The molecule has 0 amide bonds. The zero-order valence-electron chi connectivity index (χ0n) is 74.2. The zero-order valence-corrected chi connectivity index (χ0v) is 74.2. The van der Waals surface area contributed by atoms with Gasteiger partial charge in [0.25, 0.3) is 0 Å². The summed E-state index contributed by atoms with van der Waals surface area (Å²) < 4.78 is 66.8. The van der Waals surface area contributed by atoms with Crippen LogP contribution in [0.2, 0.25) is 0 Å². The van der Waals surface area contributed by atoms with Crippen molar-refractivity contribution in [2.75, 3.05) is 40.8 Å². The summed E-state index contributed by atoms with van der Waals surface area (Å²) in [5.74, 6) is 20.4. The lowest BCUT2D eigenvalue weighted by Gasteiger charge is -2.53. The largest absolute Gasteiger partial charge is 0.438 e. The molecule has 23 unspecified atom stereocenters. The molecule has 0 saturated heterocycles. The molecule has 20 aliphatic carbocycles. The maximum atomic E-state index is 12.0. The molecule has 20 rings (SSSR count). The van der Waals surface area contributed by atoms with E-state index >= 15 is 0 Å². The third-order valence-corrected chi connectivity index (χ3v) is 35.1. The van der Waals surface area contributed by atoms with E-state index in [0.717, 1.165) is 181 Å². The predicted octanol–water partition coefficient (Wildman–Crippen LogP) is 20.6. The molecule has 0 aliphatic heterocycles. The van der Waals surface area contributed by atoms with Crippen LogP contribution >= 0.6 is 0 Å². The fourth-order valence-electron chi connectivity index (χ4n) is 27.5. The van der Waals surface area contributed by atoms with Crippen LogP contribution in [0.25, 0.3) is 0 Å². The Hall–Kier alpha value is -3.42. The molecule has 20 aliphatic rings. The molecule has 0 aromatic heterocycles. The average molecular weight is 1610 g/mol. The van der Waals surface area contributed by atoms with Crippen molar-refractivity contribution in [1.29, 1.82) is 0 Å². The van der Waals surface area contributed by atoms with Gasteiger partial charge in [0.05, 0.1) is 70.6 Å². The quantitative estimate of drug-likeness (QED) is 0.0283. The van der Waals surface area contributed by atoms with Gasteiger partial charge in [-0.25, -0.2) is 0 Å². The first-order chi connectivity index (χ1) is 55.1. The number of hydrogen-bond acceptors (Lipinski definition) is 18. The number of rotatable bonds is 30. The summed E-state index contributed by atoms with van der Waals surface area (Å²) in [5.41, 5.74) is -1.18. The summed E-state index contributed by atoms with van der Waals surface area (Å²) in [6, 6.07) is 0. The summed E-state index contributed by atoms with van der Waals surface area (Å²) in [6.45, 7) is 30.2. The van der Waals surface area contributed by atoms with Crippen LogP contribution in [-0.4, -0.2) is 113 Å². The van der Waals surface area contributed by atoms with Crippen LogP contribution in [0.1, 0.15) is 322 Å². The van der Waals surface area contributed by atoms with Gasteiger partial charge in [-0.15, -0.1) is 0 Å². The molecule has 0 aromatic rings. The molecule has 0 heterocycles. The number of esters is 6. The average Bonchev–Trinajstić information content (AvgIpc) is 1.56. The lowest BCUT2D eigenvalue weighted by Crippen LogP contribution is -2.49. The van der Waals surface area contributed by atoms with E-state index in [1.165, 1.54) is 180 Å². The second-order valence-electron chi connectivity index (χ2n) is 43.1. The van der Waals surface area contributed by atoms with Crippen LogP contribution < -0.4 is 0 Å². The Bertz CT molecular complexity index is 3120. The van der Waals surface area contributed by atoms with Crippen molar-refractivity contribution in [3.8, 4) is 0 Å². The van der Waals surface area contributed by atoms with E-state index in [-0.39, 0.29) is 94.3 Å². The van der Waals surface area contributed by atoms with Gasteiger partial charge >= 0.3 is 35.8 Å². The third-order valence-electron chi connectivity index (χ3n) is 35.1. The number of hydrogen-bond donors (Lipinski definition) is 0. The first-order valence-corrected chi connectivity index (χ1v) is 47.8. The molecule has 20 bridgehead atoms. The van der Waals surface area contributed by atoms with Gasteiger partial charge in [-0.3, -0.25) is 28.8 Å². The highest BCUT2D eigenvalue weighted by molar-refractivity contribution is 5.77. The van der Waals surface area contributed by atoms with Crippen LogP contribution in [0.3, 0.4) is 0 Å². The van der Waals surface area contributed by atoms with Crippen molar-refractivity contribution in [3.05, 3.63) is 0 Å². The Balaban J connectivity index is 0.000000121. The van der Waals surface area contributed by atoms with Crippen molar-refractivity contribution < 1.29 is 85.6 Å². The second kappa shape index (κ2) is 39.4. The smallest absolute Gasteiger partial charge is 0.313 e. The van der Waals surface area contributed by atoms with E-state index in [4.69, 9.17) is 56.8 Å². The van der Waals surface area contributed by atoms with Gasteiger partial charge in [-0.2, -0.15) is 0 Å². The van der Waals surface area contributed by atoms with Crippen LogP contribution in [0.4, 0.5) is 0 Å². The second-order valence-corrected chi connectivity index (χ2v) is 43.1. The molecule has 0 aromatic carbocycles. The van der Waals surface area contributed by atoms with Crippen LogP contribution in [0, 0.1) is 176 Å². The highest BCUT2D eigenvalue weighted by Gasteiger charge is 2.64. The number of carbonyl (C=O) groups excluding carboxylic acids is 6. The maximum Gasteiger partial charge on any atom is 0.313 e. The minimum atomic E-state index is -0.395. The summed E-state index contributed by atoms with van der Waals surface area (Å²) in [7, 11) is 0. The number of fused-ring (bicyclic) bond motifs is 22. The van der Waals surface area contributed by atoms with Gasteiger partial charge in [0, 0.05) is 0 Å². The zero-order chi connectivity index (χ0) is 81.8. The normalized spacial score (nSPS) is 40.4. The Labute approximate surface area is 693 Å². The summed E-state index contributed by atoms with van der Waals surface area (Å²) in [6.07, 6.45) is 45.0. The van der Waals surface area contributed by atoms with Gasteiger partial charge < -0.3 is 56.8 Å². The monoisotopic (exact) mass is 1610 g/mol. The van der Waals surface area contributed by atoms with Crippen LogP contribution in [0.15, 0.2) is 0 Å². The molecule has 18 nitrogen and oxygen atoms in total. The lowest BCUT2D eigenvalue weighted by atomic mass is 9.55. The highest BCUT2D eigenvalue weighted by atomic mass is 16.7. The molecular formula is C97H158O18. The molecule has 0 radical (unpaired) electrons. The fraction of sp³-hybridized carbons (Fsp3) is 0.938. The Morgan fingerprint density at radius 1 is 0.261 bits per heavy atom. The Morgan fingerprint density at radius 3 is 0.817 bits per heavy atom. The van der Waals surface area contributed by atoms with Crippen molar-refractivity contribution in [2.45, 2.75) is 359 Å². The number of ether oxygens (including phenoxy) is 12. The van der Waals surface area contributed by atoms with E-state index in [0.29, 0.717) is 36.6 Å². The summed E-state index contributed by atoms with van der Waals surface area (Å²) in [5, 5.41) is 0. The Morgan fingerprint density at radius 2 is 0.530 bits per heavy atom. The topological polar surface area (TPSA) is 213 Å². The first kappa shape index (κ1) is 89.3. The molecule has 20 fully saturated rings. The molecule has 115 heavy (non-hydrogen) atoms. The van der Waals surface area contributed by atoms with Gasteiger partial charge in [0.1, 0.15) is 0 Å². The Kier molecular flexibility index (Phi) is 30.6. The van der Waals surface area contributed by atoms with E-state index in [1.54, 1.807) is 0 Å². The summed E-state index contributed by atoms with van der Waals surface area (Å²) >= 11 is 0. The molecule has 20 saturated carbocycles. The number of carbonyl (C=O) groups is 6.